The van der Waals surface area contributed by atoms with Gasteiger partial charge in [0.15, 0.2) is 10.8 Å². The second-order valence-corrected chi connectivity index (χ2v) is 10.3. The van der Waals surface area contributed by atoms with Gasteiger partial charge in [0.05, 0.1) is 11.2 Å². The fourth-order valence-corrected chi connectivity index (χ4v) is 5.81. The molecule has 1 aliphatic heterocycles. The first-order valence-corrected chi connectivity index (χ1v) is 12.1. The second kappa shape index (κ2) is 8.71. The molecule has 0 radical (unpaired) electrons. The number of amides is 1. The standard InChI is InChI=1S/C21H23N3O4S2/c1-15-19(23-21(29-15)18-6-5-13-28-18)20(25)22-14-16-7-9-17(10-8-16)30(26,27)24-11-3-2-4-12-24/h5-10,13H,2-4,11-12,14H2,1H3,(H,22,25). The first-order valence-electron chi connectivity index (χ1n) is 9.84. The monoisotopic (exact) mass is 445 g/mol. The minimum atomic E-state index is -3.45. The summed E-state index contributed by atoms with van der Waals surface area (Å²) in [5, 5.41) is 3.51. The highest BCUT2D eigenvalue weighted by molar-refractivity contribution is 7.89. The highest BCUT2D eigenvalue weighted by Gasteiger charge is 2.25. The van der Waals surface area contributed by atoms with Crippen molar-refractivity contribution in [2.75, 3.05) is 13.1 Å². The summed E-state index contributed by atoms with van der Waals surface area (Å²) in [6.07, 6.45) is 4.45. The molecule has 0 bridgehead atoms. The van der Waals surface area contributed by atoms with Crippen LogP contribution in [0.3, 0.4) is 0 Å². The Morgan fingerprint density at radius 2 is 1.90 bits per heavy atom. The molecule has 2 aromatic heterocycles. The lowest BCUT2D eigenvalue weighted by Gasteiger charge is -2.25. The summed E-state index contributed by atoms with van der Waals surface area (Å²) in [7, 11) is -3.45. The third-order valence-electron chi connectivity index (χ3n) is 5.07. The number of aryl methyl sites for hydroxylation is 1. The van der Waals surface area contributed by atoms with Crippen molar-refractivity contribution in [3.8, 4) is 10.8 Å². The summed E-state index contributed by atoms with van der Waals surface area (Å²) >= 11 is 1.40. The number of hydrogen-bond donors (Lipinski definition) is 1. The van der Waals surface area contributed by atoms with Gasteiger partial charge in [0.1, 0.15) is 5.69 Å². The van der Waals surface area contributed by atoms with E-state index in [0.29, 0.717) is 29.6 Å². The van der Waals surface area contributed by atoms with Crippen molar-refractivity contribution in [1.29, 1.82) is 0 Å². The molecule has 0 atom stereocenters. The zero-order valence-corrected chi connectivity index (χ0v) is 18.3. The minimum Gasteiger partial charge on any atom is -0.462 e. The first kappa shape index (κ1) is 20.8. The number of aromatic nitrogens is 1. The van der Waals surface area contributed by atoms with Crippen LogP contribution in [0.25, 0.3) is 10.8 Å². The van der Waals surface area contributed by atoms with Crippen molar-refractivity contribution in [2.24, 2.45) is 0 Å². The van der Waals surface area contributed by atoms with E-state index < -0.39 is 10.0 Å². The second-order valence-electron chi connectivity index (χ2n) is 7.19. The van der Waals surface area contributed by atoms with Crippen LogP contribution in [-0.2, 0) is 16.6 Å². The van der Waals surface area contributed by atoms with Crippen LogP contribution >= 0.6 is 11.3 Å². The zero-order chi connectivity index (χ0) is 21.1. The van der Waals surface area contributed by atoms with Crippen LogP contribution in [0.5, 0.6) is 0 Å². The van der Waals surface area contributed by atoms with Gasteiger partial charge >= 0.3 is 0 Å². The van der Waals surface area contributed by atoms with Gasteiger partial charge in [0, 0.05) is 24.5 Å². The number of sulfonamides is 1. The van der Waals surface area contributed by atoms with E-state index in [1.54, 1.807) is 47.0 Å². The molecule has 0 aliphatic carbocycles. The Bertz CT molecular complexity index is 1110. The van der Waals surface area contributed by atoms with Gasteiger partial charge in [-0.25, -0.2) is 13.4 Å². The maximum Gasteiger partial charge on any atom is 0.271 e. The molecular formula is C21H23N3O4S2. The summed E-state index contributed by atoms with van der Waals surface area (Å²) in [6.45, 7) is 3.29. The molecule has 0 spiro atoms. The fourth-order valence-electron chi connectivity index (χ4n) is 3.41. The predicted octanol–water partition coefficient (Wildman–Crippen LogP) is 3.82. The van der Waals surface area contributed by atoms with Crippen molar-refractivity contribution < 1.29 is 17.6 Å². The molecule has 7 nitrogen and oxygen atoms in total. The number of carbonyl (C=O) groups excluding carboxylic acids is 1. The number of rotatable bonds is 6. The normalized spacial score (nSPS) is 15.2. The number of nitrogens with zero attached hydrogens (tertiary/aromatic N) is 2. The van der Waals surface area contributed by atoms with Gasteiger partial charge in [0.25, 0.3) is 5.91 Å². The van der Waals surface area contributed by atoms with Crippen molar-refractivity contribution >= 4 is 27.3 Å². The Labute approximate surface area is 179 Å². The zero-order valence-electron chi connectivity index (χ0n) is 16.6. The van der Waals surface area contributed by atoms with Crippen LogP contribution in [0, 0.1) is 6.92 Å². The number of carbonyl (C=O) groups is 1. The highest BCUT2D eigenvalue weighted by Crippen LogP contribution is 2.28. The van der Waals surface area contributed by atoms with Gasteiger partial charge in [-0.1, -0.05) is 18.6 Å². The van der Waals surface area contributed by atoms with Gasteiger partial charge < -0.3 is 9.73 Å². The van der Waals surface area contributed by atoms with Crippen molar-refractivity contribution in [3.63, 3.8) is 0 Å². The summed E-state index contributed by atoms with van der Waals surface area (Å²) in [6, 6.07) is 10.3. The van der Waals surface area contributed by atoms with Gasteiger partial charge in [-0.3, -0.25) is 4.79 Å². The molecule has 9 heteroatoms. The Hall–Kier alpha value is -2.49. The molecule has 1 amide bonds. The lowest BCUT2D eigenvalue weighted by molar-refractivity contribution is 0.0946. The molecule has 0 saturated carbocycles. The van der Waals surface area contributed by atoms with Crippen LogP contribution in [0.1, 0.15) is 40.2 Å². The number of nitrogens with one attached hydrogen (secondary N) is 1. The van der Waals surface area contributed by atoms with E-state index in [0.717, 1.165) is 29.7 Å². The van der Waals surface area contributed by atoms with Crippen LogP contribution in [-0.4, -0.2) is 36.7 Å². The van der Waals surface area contributed by atoms with Gasteiger partial charge in [-0.05, 0) is 49.6 Å². The quantitative estimate of drug-likeness (QED) is 0.623. The molecular weight excluding hydrogens is 422 g/mol. The molecule has 3 heterocycles. The van der Waals surface area contributed by atoms with Crippen molar-refractivity contribution in [3.05, 3.63) is 58.8 Å². The average Bonchev–Trinajstić information content (AvgIpc) is 3.43. The number of benzene rings is 1. The summed E-state index contributed by atoms with van der Waals surface area (Å²) < 4.78 is 32.4. The first-order chi connectivity index (χ1) is 14.4. The van der Waals surface area contributed by atoms with E-state index in [2.05, 4.69) is 10.3 Å². The topological polar surface area (TPSA) is 92.5 Å². The summed E-state index contributed by atoms with van der Waals surface area (Å²) in [5.74, 6) is 0.360. The van der Waals surface area contributed by atoms with E-state index in [1.165, 1.54) is 11.3 Å². The van der Waals surface area contributed by atoms with Crippen LogP contribution in [0.15, 0.2) is 52.0 Å². The smallest absolute Gasteiger partial charge is 0.271 e. The average molecular weight is 446 g/mol. The van der Waals surface area contributed by atoms with E-state index in [1.807, 2.05) is 6.92 Å². The van der Waals surface area contributed by atoms with Gasteiger partial charge in [0.2, 0.25) is 10.0 Å². The molecule has 1 N–H and O–H groups in total. The lowest BCUT2D eigenvalue weighted by Crippen LogP contribution is -2.35. The van der Waals surface area contributed by atoms with Crippen molar-refractivity contribution in [1.82, 2.24) is 14.6 Å². The maximum absolute atomic E-state index is 12.7. The Morgan fingerprint density at radius 1 is 1.17 bits per heavy atom. The van der Waals surface area contributed by atoms with E-state index in [4.69, 9.17) is 4.42 Å². The van der Waals surface area contributed by atoms with E-state index in [9.17, 15) is 13.2 Å². The molecule has 3 aromatic rings. The lowest BCUT2D eigenvalue weighted by atomic mass is 10.2. The number of furan rings is 1. The molecule has 1 aliphatic rings. The molecule has 1 aromatic carbocycles. The third kappa shape index (κ3) is 4.33. The molecule has 0 unspecified atom stereocenters. The third-order valence-corrected chi connectivity index (χ3v) is 7.97. The molecule has 1 saturated heterocycles. The predicted molar refractivity (Wildman–Crippen MR) is 115 cm³/mol. The van der Waals surface area contributed by atoms with Crippen LogP contribution in [0.4, 0.5) is 0 Å². The molecule has 1 fully saturated rings. The Morgan fingerprint density at radius 3 is 2.57 bits per heavy atom. The number of hydrogen-bond acceptors (Lipinski definition) is 6. The summed E-state index contributed by atoms with van der Waals surface area (Å²) in [4.78, 5) is 18.0. The highest BCUT2D eigenvalue weighted by atomic mass is 32.2. The molecule has 158 valence electrons. The van der Waals surface area contributed by atoms with E-state index >= 15 is 0 Å². The fraction of sp³-hybridized carbons (Fsp3) is 0.333. The van der Waals surface area contributed by atoms with Gasteiger partial charge in [-0.15, -0.1) is 11.3 Å². The van der Waals surface area contributed by atoms with Crippen LogP contribution < -0.4 is 5.32 Å². The Balaban J connectivity index is 1.40. The minimum absolute atomic E-state index is 0.272. The maximum atomic E-state index is 12.7. The molecule has 4 rings (SSSR count). The van der Waals surface area contributed by atoms with E-state index in [-0.39, 0.29) is 17.3 Å². The largest absolute Gasteiger partial charge is 0.462 e. The number of thiazole rings is 1. The van der Waals surface area contributed by atoms with Crippen molar-refractivity contribution in [2.45, 2.75) is 37.6 Å². The van der Waals surface area contributed by atoms with Gasteiger partial charge in [-0.2, -0.15) is 4.31 Å². The SMILES string of the molecule is Cc1sc(-c2ccco2)nc1C(=O)NCc1ccc(S(=O)(=O)N2CCCCC2)cc1. The molecule has 30 heavy (non-hydrogen) atoms. The Kier molecular flexibility index (Phi) is 6.03. The summed E-state index contributed by atoms with van der Waals surface area (Å²) in [5.41, 5.74) is 1.19. The van der Waals surface area contributed by atoms with Crippen LogP contribution in [0.2, 0.25) is 0 Å². The number of piperidine rings is 1.